The van der Waals surface area contributed by atoms with E-state index in [1.165, 1.54) is 18.3 Å². The average Bonchev–Trinajstić information content (AvgIpc) is 3.44. The molecule has 0 spiro atoms. The molecule has 5 rings (SSSR count). The predicted octanol–water partition coefficient (Wildman–Crippen LogP) is 5.46. The summed E-state index contributed by atoms with van der Waals surface area (Å²) in [6.07, 6.45) is 1.70. The van der Waals surface area contributed by atoms with Gasteiger partial charge in [-0.25, -0.2) is 4.99 Å². The summed E-state index contributed by atoms with van der Waals surface area (Å²) in [4.78, 5) is 33.5. The highest BCUT2D eigenvalue weighted by atomic mass is 35.5. The van der Waals surface area contributed by atoms with Crippen LogP contribution in [0.15, 0.2) is 80.1 Å². The van der Waals surface area contributed by atoms with Gasteiger partial charge in [0.2, 0.25) is 0 Å². The molecular formula is C28H23Cl2N3O3S. The highest BCUT2D eigenvalue weighted by Crippen LogP contribution is 2.32. The summed E-state index contributed by atoms with van der Waals surface area (Å²) in [6.45, 7) is 3.32. The molecule has 2 aromatic carbocycles. The maximum atomic E-state index is 13.7. The Kier molecular flexibility index (Phi) is 6.70. The highest BCUT2D eigenvalue weighted by molar-refractivity contribution is 7.07. The van der Waals surface area contributed by atoms with Crippen LogP contribution >= 0.6 is 34.5 Å². The molecule has 0 saturated carbocycles. The van der Waals surface area contributed by atoms with Crippen molar-refractivity contribution in [3.8, 4) is 11.3 Å². The van der Waals surface area contributed by atoms with Gasteiger partial charge < -0.3 is 9.32 Å². The van der Waals surface area contributed by atoms with Crippen LogP contribution in [-0.4, -0.2) is 24.4 Å². The van der Waals surface area contributed by atoms with Crippen molar-refractivity contribution in [1.82, 2.24) is 4.57 Å². The van der Waals surface area contributed by atoms with Crippen molar-refractivity contribution in [1.29, 1.82) is 0 Å². The average molecular weight is 552 g/mol. The van der Waals surface area contributed by atoms with Crippen LogP contribution in [0.2, 0.25) is 10.0 Å². The van der Waals surface area contributed by atoms with Crippen molar-refractivity contribution in [2.24, 2.45) is 4.99 Å². The van der Waals surface area contributed by atoms with E-state index in [2.05, 4.69) is 4.99 Å². The van der Waals surface area contributed by atoms with E-state index in [1.54, 1.807) is 28.8 Å². The summed E-state index contributed by atoms with van der Waals surface area (Å²) in [5.74, 6) is 1.00. The van der Waals surface area contributed by atoms with Crippen LogP contribution in [0.5, 0.6) is 0 Å². The third-order valence-corrected chi connectivity index (χ3v) is 7.95. The molecule has 1 atom stereocenters. The Balaban J connectivity index is 1.61. The molecule has 0 unspecified atom stereocenters. The van der Waals surface area contributed by atoms with E-state index in [4.69, 9.17) is 27.6 Å². The van der Waals surface area contributed by atoms with Gasteiger partial charge in [-0.05, 0) is 61.9 Å². The van der Waals surface area contributed by atoms with E-state index in [0.29, 0.717) is 42.2 Å². The molecule has 0 radical (unpaired) electrons. The van der Waals surface area contributed by atoms with Crippen LogP contribution in [0.25, 0.3) is 17.4 Å². The minimum absolute atomic E-state index is 0.116. The fourth-order valence-corrected chi connectivity index (χ4v) is 5.73. The van der Waals surface area contributed by atoms with Gasteiger partial charge in [0.1, 0.15) is 11.5 Å². The zero-order chi connectivity index (χ0) is 26.4. The number of Topliss-reactive ketones (excluding diaryl/α,β-unsaturated/α-hetero) is 1. The van der Waals surface area contributed by atoms with Crippen molar-refractivity contribution in [2.75, 3.05) is 19.0 Å². The summed E-state index contributed by atoms with van der Waals surface area (Å²) in [6, 6.07) is 16.2. The van der Waals surface area contributed by atoms with Crippen molar-refractivity contribution in [2.45, 2.75) is 19.9 Å². The number of nitrogens with zero attached hydrogens (tertiary/aromatic N) is 3. The minimum Gasteiger partial charge on any atom is -0.457 e. The molecule has 0 N–H and O–H groups in total. The Bertz CT molecular complexity index is 1740. The molecular weight excluding hydrogens is 529 g/mol. The second-order valence-corrected chi connectivity index (χ2v) is 10.8. The first kappa shape index (κ1) is 25.3. The van der Waals surface area contributed by atoms with Gasteiger partial charge in [-0.2, -0.15) is 0 Å². The Hall–Kier alpha value is -3.39. The number of furan rings is 1. The molecule has 1 aliphatic rings. The van der Waals surface area contributed by atoms with Crippen molar-refractivity contribution in [3.63, 3.8) is 0 Å². The largest absolute Gasteiger partial charge is 0.457 e. The maximum Gasteiger partial charge on any atom is 0.271 e. The number of ketones is 1. The SMILES string of the molecule is CC(=O)C1=C(C)N=c2s/c(=C/c3ccc(-c4ccc(Cl)c(Cl)c4)o3)c(=O)n2[C@@H]1c1ccc(N(C)C)cc1. The van der Waals surface area contributed by atoms with Gasteiger partial charge in [-0.3, -0.25) is 14.2 Å². The van der Waals surface area contributed by atoms with E-state index >= 15 is 0 Å². The monoisotopic (exact) mass is 551 g/mol. The number of carbonyl (C=O) groups is 1. The normalized spacial score (nSPS) is 15.5. The lowest BCUT2D eigenvalue weighted by molar-refractivity contribution is -0.114. The third-order valence-electron chi connectivity index (χ3n) is 6.23. The van der Waals surface area contributed by atoms with Gasteiger partial charge in [0.25, 0.3) is 5.56 Å². The molecule has 2 aromatic heterocycles. The summed E-state index contributed by atoms with van der Waals surface area (Å²) in [5.41, 5.74) is 3.54. The first-order valence-corrected chi connectivity index (χ1v) is 13.1. The number of thiazole rings is 1. The van der Waals surface area contributed by atoms with E-state index in [9.17, 15) is 9.59 Å². The van der Waals surface area contributed by atoms with Crippen LogP contribution in [-0.2, 0) is 4.79 Å². The van der Waals surface area contributed by atoms with Gasteiger partial charge in [0, 0.05) is 42.7 Å². The number of fused-ring (bicyclic) bond motifs is 1. The summed E-state index contributed by atoms with van der Waals surface area (Å²) >= 11 is 13.4. The minimum atomic E-state index is -0.560. The number of aromatic nitrogens is 1. The quantitative estimate of drug-likeness (QED) is 0.330. The molecule has 0 aliphatic carbocycles. The Morgan fingerprint density at radius 1 is 1.08 bits per heavy atom. The molecule has 0 bridgehead atoms. The summed E-state index contributed by atoms with van der Waals surface area (Å²) in [5, 5.41) is 0.894. The van der Waals surface area contributed by atoms with Crippen LogP contribution in [0, 0.1) is 0 Å². The third kappa shape index (κ3) is 4.70. The van der Waals surface area contributed by atoms with Crippen LogP contribution in [0.4, 0.5) is 5.69 Å². The van der Waals surface area contributed by atoms with E-state index in [-0.39, 0.29) is 11.3 Å². The number of rotatable bonds is 5. The lowest BCUT2D eigenvalue weighted by Gasteiger charge is -2.25. The van der Waals surface area contributed by atoms with Crippen LogP contribution in [0.1, 0.15) is 31.2 Å². The first-order chi connectivity index (χ1) is 17.6. The molecule has 4 aromatic rings. The van der Waals surface area contributed by atoms with Gasteiger partial charge in [-0.1, -0.05) is 46.7 Å². The number of hydrogen-bond acceptors (Lipinski definition) is 6. The molecule has 0 amide bonds. The lowest BCUT2D eigenvalue weighted by Crippen LogP contribution is -2.39. The first-order valence-electron chi connectivity index (χ1n) is 11.5. The van der Waals surface area contributed by atoms with Crippen molar-refractivity contribution < 1.29 is 9.21 Å². The topological polar surface area (TPSA) is 67.8 Å². The summed E-state index contributed by atoms with van der Waals surface area (Å²) in [7, 11) is 3.93. The number of benzene rings is 2. The second kappa shape index (κ2) is 9.82. The molecule has 37 heavy (non-hydrogen) atoms. The van der Waals surface area contributed by atoms with Crippen molar-refractivity contribution >= 4 is 52.1 Å². The van der Waals surface area contributed by atoms with E-state index in [1.807, 2.05) is 62.3 Å². The molecule has 0 fully saturated rings. The van der Waals surface area contributed by atoms with E-state index in [0.717, 1.165) is 16.8 Å². The number of carbonyl (C=O) groups excluding carboxylic acids is 1. The molecule has 1 aliphatic heterocycles. The standard InChI is InChI=1S/C28H23Cl2N3O3S/c1-15-25(16(2)34)26(17-5-8-19(9-6-17)32(3)4)33-27(35)24(37-28(33)31-15)14-20-10-12-23(36-20)18-7-11-21(29)22(30)13-18/h5-14,26H,1-4H3/b24-14+/t26-/m1/s1. The predicted molar refractivity (Wildman–Crippen MR) is 149 cm³/mol. The molecule has 9 heteroatoms. The second-order valence-electron chi connectivity index (χ2n) is 8.95. The number of anilines is 1. The summed E-state index contributed by atoms with van der Waals surface area (Å²) < 4.78 is 8.05. The van der Waals surface area contributed by atoms with Crippen LogP contribution < -0.4 is 19.8 Å². The lowest BCUT2D eigenvalue weighted by atomic mass is 9.93. The zero-order valence-corrected chi connectivity index (χ0v) is 22.9. The maximum absolute atomic E-state index is 13.7. The Morgan fingerprint density at radius 2 is 1.81 bits per heavy atom. The molecule has 188 valence electrons. The Labute approximate surface area is 227 Å². The zero-order valence-electron chi connectivity index (χ0n) is 20.6. The van der Waals surface area contributed by atoms with Crippen LogP contribution in [0.3, 0.4) is 0 Å². The molecule has 0 saturated heterocycles. The van der Waals surface area contributed by atoms with E-state index < -0.39 is 6.04 Å². The van der Waals surface area contributed by atoms with Gasteiger partial charge >= 0.3 is 0 Å². The van der Waals surface area contributed by atoms with Gasteiger partial charge in [0.15, 0.2) is 10.6 Å². The number of hydrogen-bond donors (Lipinski definition) is 0. The van der Waals surface area contributed by atoms with Crippen molar-refractivity contribution in [3.05, 3.63) is 107 Å². The molecule has 3 heterocycles. The fraction of sp³-hybridized carbons (Fsp3) is 0.179. The van der Waals surface area contributed by atoms with Gasteiger partial charge in [0.05, 0.1) is 20.6 Å². The van der Waals surface area contributed by atoms with Gasteiger partial charge in [-0.15, -0.1) is 0 Å². The highest BCUT2D eigenvalue weighted by Gasteiger charge is 2.30. The number of allylic oxidation sites excluding steroid dienone is 2. The fourth-order valence-electron chi connectivity index (χ4n) is 4.40. The smallest absolute Gasteiger partial charge is 0.271 e. The Morgan fingerprint density at radius 3 is 2.46 bits per heavy atom. The number of halogens is 2. The molecule has 6 nitrogen and oxygen atoms in total.